The minimum Gasteiger partial charge on any atom is -0.340 e. The van der Waals surface area contributed by atoms with Crippen molar-refractivity contribution in [2.75, 3.05) is 33.2 Å². The molecule has 3 aromatic heterocycles. The summed E-state index contributed by atoms with van der Waals surface area (Å²) in [6.07, 6.45) is 3.32. The number of aromatic nitrogens is 4. The zero-order chi connectivity index (χ0) is 20.1. The summed E-state index contributed by atoms with van der Waals surface area (Å²) in [5, 5.41) is 6.39. The van der Waals surface area contributed by atoms with Gasteiger partial charge in [0.15, 0.2) is 0 Å². The molecule has 3 heterocycles. The molecule has 0 bridgehead atoms. The number of amides is 1. The number of carbonyl (C=O) groups excluding carboxylic acids is 1. The molecule has 7 nitrogen and oxygen atoms in total. The summed E-state index contributed by atoms with van der Waals surface area (Å²) in [5.41, 5.74) is 2.16. The Balaban J connectivity index is 1.78. The Labute approximate surface area is 169 Å². The van der Waals surface area contributed by atoms with Gasteiger partial charge in [-0.05, 0) is 37.5 Å². The molecule has 0 aliphatic carbocycles. The summed E-state index contributed by atoms with van der Waals surface area (Å²) >= 11 is 1.62. The van der Waals surface area contributed by atoms with E-state index in [4.69, 9.17) is 0 Å². The van der Waals surface area contributed by atoms with Crippen molar-refractivity contribution in [2.24, 2.45) is 0 Å². The minimum atomic E-state index is -0.0367. The van der Waals surface area contributed by atoms with Crippen LogP contribution in [0, 0.1) is 6.92 Å². The Morgan fingerprint density at radius 2 is 2.00 bits per heavy atom. The lowest BCUT2D eigenvalue weighted by atomic mass is 10.2. The van der Waals surface area contributed by atoms with Gasteiger partial charge in [-0.1, -0.05) is 19.9 Å². The van der Waals surface area contributed by atoms with Crippen molar-refractivity contribution in [3.8, 4) is 16.5 Å². The van der Waals surface area contributed by atoms with Crippen molar-refractivity contribution in [1.29, 1.82) is 0 Å². The van der Waals surface area contributed by atoms with E-state index >= 15 is 0 Å². The Bertz CT molecular complexity index is 917. The zero-order valence-corrected chi connectivity index (χ0v) is 17.6. The van der Waals surface area contributed by atoms with Crippen LogP contribution in [0.25, 0.3) is 16.5 Å². The highest BCUT2D eigenvalue weighted by Gasteiger charge is 2.20. The summed E-state index contributed by atoms with van der Waals surface area (Å²) in [5.74, 6) is 0.429. The molecule has 0 atom stereocenters. The molecule has 3 aromatic rings. The van der Waals surface area contributed by atoms with Gasteiger partial charge in [0.25, 0.3) is 11.9 Å². The molecule has 0 radical (unpaired) electrons. The van der Waals surface area contributed by atoms with Gasteiger partial charge >= 0.3 is 0 Å². The summed E-state index contributed by atoms with van der Waals surface area (Å²) in [6.45, 7) is 9.62. The summed E-state index contributed by atoms with van der Waals surface area (Å²) in [7, 11) is 1.83. The van der Waals surface area contributed by atoms with Crippen molar-refractivity contribution in [3.05, 3.63) is 47.2 Å². The van der Waals surface area contributed by atoms with Gasteiger partial charge in [0.05, 0.1) is 28.0 Å². The molecular weight excluding hydrogens is 372 g/mol. The second-order valence-corrected chi connectivity index (χ2v) is 7.48. The molecule has 3 rings (SSSR count). The number of thiophene rings is 1. The van der Waals surface area contributed by atoms with Gasteiger partial charge in [-0.2, -0.15) is 5.10 Å². The fourth-order valence-corrected chi connectivity index (χ4v) is 3.67. The van der Waals surface area contributed by atoms with Gasteiger partial charge in [-0.15, -0.1) is 11.3 Å². The highest BCUT2D eigenvalue weighted by Crippen LogP contribution is 2.23. The van der Waals surface area contributed by atoms with E-state index in [1.54, 1.807) is 33.3 Å². The van der Waals surface area contributed by atoms with Crippen LogP contribution < -0.4 is 0 Å². The van der Waals surface area contributed by atoms with Crippen molar-refractivity contribution >= 4 is 17.2 Å². The molecule has 0 unspecified atom stereocenters. The van der Waals surface area contributed by atoms with Crippen LogP contribution in [0.5, 0.6) is 0 Å². The number of hydrogen-bond donors (Lipinski definition) is 0. The van der Waals surface area contributed by atoms with Crippen molar-refractivity contribution in [1.82, 2.24) is 29.5 Å². The van der Waals surface area contributed by atoms with E-state index in [1.165, 1.54) is 0 Å². The van der Waals surface area contributed by atoms with E-state index in [9.17, 15) is 4.79 Å². The predicted octanol–water partition coefficient (Wildman–Crippen LogP) is 3.11. The van der Waals surface area contributed by atoms with Crippen LogP contribution in [0.1, 0.15) is 29.9 Å². The lowest BCUT2D eigenvalue weighted by molar-refractivity contribution is 0.0779. The molecule has 28 heavy (non-hydrogen) atoms. The topological polar surface area (TPSA) is 67.2 Å². The van der Waals surface area contributed by atoms with Crippen LogP contribution in [-0.2, 0) is 0 Å². The molecule has 0 aliphatic rings. The fourth-order valence-electron chi connectivity index (χ4n) is 2.97. The van der Waals surface area contributed by atoms with E-state index in [2.05, 4.69) is 33.8 Å². The largest absolute Gasteiger partial charge is 0.340 e. The molecular formula is C20H26N6OS. The zero-order valence-electron chi connectivity index (χ0n) is 16.8. The second-order valence-electron chi connectivity index (χ2n) is 6.53. The van der Waals surface area contributed by atoms with Gasteiger partial charge in [0.1, 0.15) is 0 Å². The molecule has 0 aromatic carbocycles. The monoisotopic (exact) mass is 398 g/mol. The maximum Gasteiger partial charge on any atom is 0.257 e. The van der Waals surface area contributed by atoms with E-state index in [0.29, 0.717) is 18.1 Å². The van der Waals surface area contributed by atoms with Crippen LogP contribution in [0.2, 0.25) is 0 Å². The molecule has 148 valence electrons. The number of carbonyl (C=O) groups is 1. The van der Waals surface area contributed by atoms with Crippen molar-refractivity contribution < 1.29 is 4.79 Å². The number of rotatable bonds is 8. The summed E-state index contributed by atoms with van der Waals surface area (Å²) in [6, 6.07) is 5.89. The van der Waals surface area contributed by atoms with Gasteiger partial charge in [-0.3, -0.25) is 4.79 Å². The first-order chi connectivity index (χ1) is 13.5. The average molecular weight is 399 g/mol. The highest BCUT2D eigenvalue weighted by molar-refractivity contribution is 7.13. The van der Waals surface area contributed by atoms with Crippen LogP contribution in [0.3, 0.4) is 0 Å². The molecule has 1 amide bonds. The maximum atomic E-state index is 12.9. The number of hydrogen-bond acceptors (Lipinski definition) is 6. The van der Waals surface area contributed by atoms with Gasteiger partial charge < -0.3 is 9.80 Å². The first-order valence-electron chi connectivity index (χ1n) is 9.44. The second kappa shape index (κ2) is 9.07. The standard InChI is InChI=1S/C20H26N6OS/c1-5-25(6-2)12-11-24(4)19(27)16-14-22-26(15(16)3)20-21-10-9-17(23-20)18-8-7-13-28-18/h7-10,13-14H,5-6,11-12H2,1-4H3. The predicted molar refractivity (Wildman–Crippen MR) is 112 cm³/mol. The minimum absolute atomic E-state index is 0.0367. The number of nitrogens with zero attached hydrogens (tertiary/aromatic N) is 6. The molecule has 0 aliphatic heterocycles. The quantitative estimate of drug-likeness (QED) is 0.583. The van der Waals surface area contributed by atoms with Crippen LogP contribution in [0.15, 0.2) is 36.0 Å². The molecule has 0 spiro atoms. The average Bonchev–Trinajstić information content (AvgIpc) is 3.38. The van der Waals surface area contributed by atoms with E-state index in [0.717, 1.165) is 35.9 Å². The van der Waals surface area contributed by atoms with Gasteiger partial charge in [-0.25, -0.2) is 14.6 Å². The molecule has 0 saturated carbocycles. The fraction of sp³-hybridized carbons (Fsp3) is 0.400. The van der Waals surface area contributed by atoms with E-state index < -0.39 is 0 Å². The van der Waals surface area contributed by atoms with Crippen LogP contribution in [0.4, 0.5) is 0 Å². The lowest BCUT2D eigenvalue weighted by Gasteiger charge is -2.23. The normalized spacial score (nSPS) is 11.2. The summed E-state index contributed by atoms with van der Waals surface area (Å²) in [4.78, 5) is 26.9. The van der Waals surface area contributed by atoms with Crippen molar-refractivity contribution in [3.63, 3.8) is 0 Å². The van der Waals surface area contributed by atoms with Crippen LogP contribution in [-0.4, -0.2) is 68.7 Å². The Kier molecular flexibility index (Phi) is 6.53. The molecule has 0 saturated heterocycles. The van der Waals surface area contributed by atoms with E-state index in [1.807, 2.05) is 37.6 Å². The SMILES string of the molecule is CCN(CC)CCN(C)C(=O)c1cnn(-c2nccc(-c3cccs3)n2)c1C. The number of likely N-dealkylation sites (N-methyl/N-ethyl adjacent to an activating group) is 2. The third kappa shape index (κ3) is 4.28. The van der Waals surface area contributed by atoms with Gasteiger partial charge in [0, 0.05) is 26.3 Å². The van der Waals surface area contributed by atoms with Crippen molar-refractivity contribution in [2.45, 2.75) is 20.8 Å². The molecule has 8 heteroatoms. The van der Waals surface area contributed by atoms with Gasteiger partial charge in [0.2, 0.25) is 0 Å². The summed E-state index contributed by atoms with van der Waals surface area (Å²) < 4.78 is 1.63. The third-order valence-corrected chi connectivity index (χ3v) is 5.73. The Morgan fingerprint density at radius 1 is 1.21 bits per heavy atom. The molecule has 0 fully saturated rings. The maximum absolute atomic E-state index is 12.9. The first-order valence-corrected chi connectivity index (χ1v) is 10.3. The van der Waals surface area contributed by atoms with Crippen LogP contribution >= 0.6 is 11.3 Å². The highest BCUT2D eigenvalue weighted by atomic mass is 32.1. The first kappa shape index (κ1) is 20.2. The third-order valence-electron chi connectivity index (χ3n) is 4.84. The Morgan fingerprint density at radius 3 is 2.68 bits per heavy atom. The molecule has 0 N–H and O–H groups in total. The lowest BCUT2D eigenvalue weighted by Crippen LogP contribution is -2.36. The Hall–Kier alpha value is -2.58. The van der Waals surface area contributed by atoms with E-state index in [-0.39, 0.29) is 5.91 Å². The smallest absolute Gasteiger partial charge is 0.257 e.